The van der Waals surface area contributed by atoms with Crippen molar-refractivity contribution in [2.24, 2.45) is 0 Å². The molecule has 0 bridgehead atoms. The summed E-state index contributed by atoms with van der Waals surface area (Å²) in [5.41, 5.74) is -3.98. The first-order valence-corrected chi connectivity index (χ1v) is 7.13. The SMILES string of the molecule is CCCOC(=O)C1=C(C)N[C@]2(O)c3ccccc3C(=O)[C@@]12O. The highest BCUT2D eigenvalue weighted by Gasteiger charge is 2.70. The molecular weight excluding hydrogens is 286 g/mol. The molecule has 1 aromatic rings. The van der Waals surface area contributed by atoms with Crippen molar-refractivity contribution in [1.82, 2.24) is 5.32 Å². The summed E-state index contributed by atoms with van der Waals surface area (Å²) in [5, 5.41) is 24.5. The minimum atomic E-state index is -2.37. The van der Waals surface area contributed by atoms with Gasteiger partial charge in [-0.25, -0.2) is 4.79 Å². The molecule has 2 aliphatic rings. The zero-order valence-corrected chi connectivity index (χ0v) is 12.3. The summed E-state index contributed by atoms with van der Waals surface area (Å²) in [4.78, 5) is 24.9. The molecule has 22 heavy (non-hydrogen) atoms. The van der Waals surface area contributed by atoms with Crippen LogP contribution in [0.5, 0.6) is 0 Å². The maximum atomic E-state index is 12.6. The van der Waals surface area contributed by atoms with Gasteiger partial charge in [-0.05, 0) is 13.3 Å². The average Bonchev–Trinajstić information content (AvgIpc) is 2.80. The molecular formula is C16H17NO5. The summed E-state index contributed by atoms with van der Waals surface area (Å²) in [7, 11) is 0. The maximum Gasteiger partial charge on any atom is 0.339 e. The number of carbonyl (C=O) groups excluding carboxylic acids is 2. The molecule has 0 spiro atoms. The highest BCUT2D eigenvalue weighted by molar-refractivity contribution is 6.16. The Labute approximate surface area is 127 Å². The predicted octanol–water partition coefficient (Wildman–Crippen LogP) is 0.590. The number of ketones is 1. The van der Waals surface area contributed by atoms with E-state index >= 15 is 0 Å². The molecule has 0 fully saturated rings. The van der Waals surface area contributed by atoms with Crippen LogP contribution in [0.3, 0.4) is 0 Å². The minimum Gasteiger partial charge on any atom is -0.462 e. The lowest BCUT2D eigenvalue weighted by Gasteiger charge is -2.31. The summed E-state index contributed by atoms with van der Waals surface area (Å²) in [6, 6.07) is 6.35. The summed E-state index contributed by atoms with van der Waals surface area (Å²) in [6.45, 7) is 3.53. The Hall–Kier alpha value is -2.18. The molecule has 0 amide bonds. The highest BCUT2D eigenvalue weighted by Crippen LogP contribution is 2.51. The van der Waals surface area contributed by atoms with Crippen molar-refractivity contribution in [2.45, 2.75) is 31.6 Å². The quantitative estimate of drug-likeness (QED) is 0.707. The Balaban J connectivity index is 2.13. The number of allylic oxidation sites excluding steroid dienone is 1. The second-order valence-corrected chi connectivity index (χ2v) is 5.56. The largest absolute Gasteiger partial charge is 0.462 e. The molecule has 2 atom stereocenters. The summed E-state index contributed by atoms with van der Waals surface area (Å²) in [5.74, 6) is -1.51. The van der Waals surface area contributed by atoms with Crippen molar-refractivity contribution in [3.05, 3.63) is 46.7 Å². The van der Waals surface area contributed by atoms with E-state index in [-0.39, 0.29) is 29.0 Å². The van der Waals surface area contributed by atoms with Crippen LogP contribution in [0.2, 0.25) is 0 Å². The third kappa shape index (κ3) is 1.56. The Bertz CT molecular complexity index is 710. The lowest BCUT2D eigenvalue weighted by atomic mass is 9.85. The molecule has 1 aliphatic heterocycles. The predicted molar refractivity (Wildman–Crippen MR) is 76.7 cm³/mol. The molecule has 6 heteroatoms. The van der Waals surface area contributed by atoms with Crippen LogP contribution in [0.15, 0.2) is 35.5 Å². The number of aliphatic hydroxyl groups is 2. The Morgan fingerprint density at radius 2 is 2.00 bits per heavy atom. The normalized spacial score (nSPS) is 29.2. The molecule has 0 saturated carbocycles. The van der Waals surface area contributed by atoms with E-state index in [9.17, 15) is 19.8 Å². The van der Waals surface area contributed by atoms with Crippen LogP contribution in [-0.2, 0) is 15.3 Å². The summed E-state index contributed by atoms with van der Waals surface area (Å²) in [6.07, 6.45) is 0.613. The molecule has 0 aromatic heterocycles. The smallest absolute Gasteiger partial charge is 0.339 e. The number of esters is 1. The Morgan fingerprint density at radius 3 is 2.68 bits per heavy atom. The first-order valence-electron chi connectivity index (χ1n) is 7.13. The highest BCUT2D eigenvalue weighted by atomic mass is 16.5. The lowest BCUT2D eigenvalue weighted by molar-refractivity contribution is -0.147. The molecule has 3 rings (SSSR count). The standard InChI is InChI=1S/C16H17NO5/c1-3-8-22-14(19)12-9(2)17-16(21)11-7-5-4-6-10(11)13(18)15(12,16)20/h4-7,17,20-21H,3,8H2,1-2H3/t15-,16-/m0/s1. The van der Waals surface area contributed by atoms with E-state index < -0.39 is 23.1 Å². The molecule has 6 nitrogen and oxygen atoms in total. The van der Waals surface area contributed by atoms with Gasteiger partial charge in [-0.2, -0.15) is 0 Å². The van der Waals surface area contributed by atoms with Crippen molar-refractivity contribution in [3.63, 3.8) is 0 Å². The Kier molecular flexibility index (Phi) is 3.12. The number of hydrogen-bond acceptors (Lipinski definition) is 6. The van der Waals surface area contributed by atoms with Crippen LogP contribution < -0.4 is 5.32 Å². The van der Waals surface area contributed by atoms with Gasteiger partial charge in [0, 0.05) is 16.8 Å². The van der Waals surface area contributed by atoms with Crippen molar-refractivity contribution < 1.29 is 24.5 Å². The third-order valence-corrected chi connectivity index (χ3v) is 4.16. The molecule has 3 N–H and O–H groups in total. The second-order valence-electron chi connectivity index (χ2n) is 5.56. The third-order valence-electron chi connectivity index (χ3n) is 4.16. The monoisotopic (exact) mass is 303 g/mol. The van der Waals surface area contributed by atoms with Crippen molar-refractivity contribution in [3.8, 4) is 0 Å². The zero-order valence-electron chi connectivity index (χ0n) is 12.3. The number of rotatable bonds is 3. The van der Waals surface area contributed by atoms with Gasteiger partial charge in [-0.3, -0.25) is 4.79 Å². The van der Waals surface area contributed by atoms with Gasteiger partial charge in [-0.15, -0.1) is 0 Å². The number of fused-ring (bicyclic) bond motifs is 3. The number of hydrogen-bond donors (Lipinski definition) is 3. The van der Waals surface area contributed by atoms with Crippen LogP contribution in [0.1, 0.15) is 36.2 Å². The first kappa shape index (κ1) is 14.7. The summed E-state index contributed by atoms with van der Waals surface area (Å²) < 4.78 is 5.05. The van der Waals surface area contributed by atoms with Gasteiger partial charge in [0.25, 0.3) is 0 Å². The number of carbonyl (C=O) groups is 2. The molecule has 1 aromatic carbocycles. The maximum absolute atomic E-state index is 12.6. The van der Waals surface area contributed by atoms with Gasteiger partial charge in [0.1, 0.15) is 5.57 Å². The number of ether oxygens (including phenoxy) is 1. The molecule has 0 unspecified atom stereocenters. The average molecular weight is 303 g/mol. The van der Waals surface area contributed by atoms with Crippen molar-refractivity contribution in [1.29, 1.82) is 0 Å². The second kappa shape index (κ2) is 4.66. The fraction of sp³-hybridized carbons (Fsp3) is 0.375. The molecule has 116 valence electrons. The van der Waals surface area contributed by atoms with Crippen LogP contribution in [-0.4, -0.2) is 34.2 Å². The molecule has 0 saturated heterocycles. The van der Waals surface area contributed by atoms with Gasteiger partial charge in [0.15, 0.2) is 0 Å². The Morgan fingerprint density at radius 1 is 1.32 bits per heavy atom. The van der Waals surface area contributed by atoms with Crippen LogP contribution in [0, 0.1) is 0 Å². The van der Waals surface area contributed by atoms with E-state index in [1.54, 1.807) is 18.2 Å². The molecule has 0 radical (unpaired) electrons. The number of benzene rings is 1. The zero-order chi connectivity index (χ0) is 16.1. The van der Waals surface area contributed by atoms with E-state index in [2.05, 4.69) is 5.32 Å². The topological polar surface area (TPSA) is 95.9 Å². The van der Waals surface area contributed by atoms with Gasteiger partial charge < -0.3 is 20.3 Å². The fourth-order valence-corrected chi connectivity index (χ4v) is 3.18. The van der Waals surface area contributed by atoms with Gasteiger partial charge in [0.2, 0.25) is 17.1 Å². The van der Waals surface area contributed by atoms with Gasteiger partial charge >= 0.3 is 5.97 Å². The molecule has 1 aliphatic carbocycles. The fourth-order valence-electron chi connectivity index (χ4n) is 3.18. The van der Waals surface area contributed by atoms with Crippen LogP contribution in [0.4, 0.5) is 0 Å². The first-order chi connectivity index (χ1) is 10.4. The summed E-state index contributed by atoms with van der Waals surface area (Å²) >= 11 is 0. The van der Waals surface area contributed by atoms with E-state index in [0.717, 1.165) is 0 Å². The number of Topliss-reactive ketones (excluding diaryl/α,β-unsaturated/α-hetero) is 1. The van der Waals surface area contributed by atoms with Crippen molar-refractivity contribution in [2.75, 3.05) is 6.61 Å². The van der Waals surface area contributed by atoms with Crippen molar-refractivity contribution >= 4 is 11.8 Å². The van der Waals surface area contributed by atoms with E-state index in [0.29, 0.717) is 6.42 Å². The van der Waals surface area contributed by atoms with E-state index in [1.165, 1.54) is 13.0 Å². The van der Waals surface area contributed by atoms with Crippen LogP contribution >= 0.6 is 0 Å². The van der Waals surface area contributed by atoms with Gasteiger partial charge in [0.05, 0.1) is 6.61 Å². The number of nitrogens with one attached hydrogen (secondary N) is 1. The van der Waals surface area contributed by atoms with E-state index in [4.69, 9.17) is 4.74 Å². The lowest BCUT2D eigenvalue weighted by Crippen LogP contribution is -2.56. The molecule has 1 heterocycles. The minimum absolute atomic E-state index is 0.172. The van der Waals surface area contributed by atoms with E-state index in [1.807, 2.05) is 6.92 Å². The van der Waals surface area contributed by atoms with Gasteiger partial charge in [-0.1, -0.05) is 31.2 Å². The van der Waals surface area contributed by atoms with Crippen LogP contribution in [0.25, 0.3) is 0 Å².